The van der Waals surface area contributed by atoms with Crippen LogP contribution in [0.2, 0.25) is 5.02 Å². The van der Waals surface area contributed by atoms with Gasteiger partial charge in [0.2, 0.25) is 0 Å². The van der Waals surface area contributed by atoms with Crippen LogP contribution in [0.1, 0.15) is 12.5 Å². The summed E-state index contributed by atoms with van der Waals surface area (Å²) in [6, 6.07) is 16.0. The van der Waals surface area contributed by atoms with Gasteiger partial charge in [0.15, 0.2) is 0 Å². The molecule has 0 bridgehead atoms. The average molecular weight is 276 g/mol. The molecule has 2 aromatic carbocycles. The van der Waals surface area contributed by atoms with Gasteiger partial charge in [0.05, 0.1) is 6.61 Å². The van der Waals surface area contributed by atoms with Crippen LogP contribution in [0.25, 0.3) is 0 Å². The number of rotatable bonds is 6. The number of anilines is 1. The van der Waals surface area contributed by atoms with E-state index in [0.717, 1.165) is 29.4 Å². The fourth-order valence-corrected chi connectivity index (χ4v) is 1.96. The van der Waals surface area contributed by atoms with Crippen LogP contribution in [-0.4, -0.2) is 13.2 Å². The second kappa shape index (κ2) is 7.05. The number of hydrogen-bond donors (Lipinski definition) is 1. The monoisotopic (exact) mass is 275 g/mol. The van der Waals surface area contributed by atoms with Gasteiger partial charge in [-0.2, -0.15) is 0 Å². The van der Waals surface area contributed by atoms with Gasteiger partial charge in [-0.05, 0) is 55.3 Å². The van der Waals surface area contributed by atoms with Crippen molar-refractivity contribution < 1.29 is 4.74 Å². The highest BCUT2D eigenvalue weighted by Gasteiger charge is 1.96. The highest BCUT2D eigenvalue weighted by atomic mass is 35.5. The zero-order valence-electron chi connectivity index (χ0n) is 11.0. The Bertz CT molecular complexity index is 493. The molecule has 0 aliphatic rings. The zero-order valence-corrected chi connectivity index (χ0v) is 11.8. The van der Waals surface area contributed by atoms with Gasteiger partial charge < -0.3 is 10.1 Å². The lowest BCUT2D eigenvalue weighted by atomic mass is 10.1. The maximum absolute atomic E-state index is 5.85. The third kappa shape index (κ3) is 4.49. The number of ether oxygens (including phenoxy) is 1. The van der Waals surface area contributed by atoms with Gasteiger partial charge in [0, 0.05) is 17.3 Å². The largest absolute Gasteiger partial charge is 0.494 e. The van der Waals surface area contributed by atoms with E-state index in [4.69, 9.17) is 16.3 Å². The molecule has 0 atom stereocenters. The van der Waals surface area contributed by atoms with E-state index < -0.39 is 0 Å². The molecule has 0 spiro atoms. The fraction of sp³-hybridized carbons (Fsp3) is 0.250. The summed E-state index contributed by atoms with van der Waals surface area (Å²) < 4.78 is 5.41. The van der Waals surface area contributed by atoms with Crippen LogP contribution in [0.15, 0.2) is 48.5 Å². The first-order valence-corrected chi connectivity index (χ1v) is 6.87. The van der Waals surface area contributed by atoms with Crippen LogP contribution in [0.5, 0.6) is 5.75 Å². The smallest absolute Gasteiger partial charge is 0.119 e. The summed E-state index contributed by atoms with van der Waals surface area (Å²) in [6.45, 7) is 3.58. The predicted molar refractivity (Wildman–Crippen MR) is 81.3 cm³/mol. The molecule has 100 valence electrons. The fourth-order valence-electron chi connectivity index (χ4n) is 1.84. The second-order valence-electron chi connectivity index (χ2n) is 4.26. The maximum Gasteiger partial charge on any atom is 0.119 e. The maximum atomic E-state index is 5.85. The first kappa shape index (κ1) is 13.8. The van der Waals surface area contributed by atoms with Crippen molar-refractivity contribution in [2.75, 3.05) is 18.5 Å². The van der Waals surface area contributed by atoms with E-state index in [0.29, 0.717) is 6.61 Å². The van der Waals surface area contributed by atoms with Gasteiger partial charge in [-0.15, -0.1) is 0 Å². The van der Waals surface area contributed by atoms with Gasteiger partial charge >= 0.3 is 0 Å². The van der Waals surface area contributed by atoms with E-state index in [1.807, 2.05) is 43.3 Å². The van der Waals surface area contributed by atoms with E-state index >= 15 is 0 Å². The summed E-state index contributed by atoms with van der Waals surface area (Å²) in [6.07, 6.45) is 0.977. The molecule has 0 saturated carbocycles. The quantitative estimate of drug-likeness (QED) is 0.844. The van der Waals surface area contributed by atoms with Crippen molar-refractivity contribution in [3.63, 3.8) is 0 Å². The lowest BCUT2D eigenvalue weighted by Crippen LogP contribution is -2.04. The van der Waals surface area contributed by atoms with Crippen molar-refractivity contribution in [3.05, 3.63) is 59.1 Å². The summed E-state index contributed by atoms with van der Waals surface area (Å²) in [5.74, 6) is 0.908. The number of hydrogen-bond acceptors (Lipinski definition) is 2. The molecule has 3 heteroatoms. The lowest BCUT2D eigenvalue weighted by Gasteiger charge is -2.08. The Labute approximate surface area is 119 Å². The lowest BCUT2D eigenvalue weighted by molar-refractivity contribution is 0.340. The number of benzene rings is 2. The summed E-state index contributed by atoms with van der Waals surface area (Å²) in [5, 5.41) is 4.17. The first-order valence-electron chi connectivity index (χ1n) is 6.49. The molecule has 0 radical (unpaired) electrons. The van der Waals surface area contributed by atoms with Crippen LogP contribution >= 0.6 is 11.6 Å². The van der Waals surface area contributed by atoms with Gasteiger partial charge in [-0.25, -0.2) is 0 Å². The second-order valence-corrected chi connectivity index (χ2v) is 4.70. The molecule has 0 aliphatic carbocycles. The third-order valence-electron chi connectivity index (χ3n) is 2.82. The molecule has 2 nitrogen and oxygen atoms in total. The Morgan fingerprint density at radius 2 is 1.68 bits per heavy atom. The van der Waals surface area contributed by atoms with Gasteiger partial charge in [0.1, 0.15) is 5.75 Å². The molecular formula is C16H18ClNO. The van der Waals surface area contributed by atoms with E-state index in [9.17, 15) is 0 Å². The zero-order chi connectivity index (χ0) is 13.5. The molecule has 19 heavy (non-hydrogen) atoms. The Hall–Kier alpha value is -1.67. The normalized spacial score (nSPS) is 10.2. The first-order chi connectivity index (χ1) is 9.28. The highest BCUT2D eigenvalue weighted by Crippen LogP contribution is 2.16. The number of halogens is 1. The standard InChI is InChI=1S/C16H18ClNO/c1-2-19-16-9-7-15(8-10-16)18-12-11-13-3-5-14(17)6-4-13/h3-10,18H,2,11-12H2,1H3. The Kier molecular flexibility index (Phi) is 5.10. The van der Waals surface area contributed by atoms with Crippen molar-refractivity contribution >= 4 is 17.3 Å². The van der Waals surface area contributed by atoms with Crippen LogP contribution < -0.4 is 10.1 Å². The Morgan fingerprint density at radius 1 is 1.00 bits per heavy atom. The molecule has 0 aromatic heterocycles. The van der Waals surface area contributed by atoms with Gasteiger partial charge in [-0.3, -0.25) is 0 Å². The van der Waals surface area contributed by atoms with Crippen molar-refractivity contribution in [2.24, 2.45) is 0 Å². The van der Waals surface area contributed by atoms with Crippen molar-refractivity contribution in [1.29, 1.82) is 0 Å². The third-order valence-corrected chi connectivity index (χ3v) is 3.07. The highest BCUT2D eigenvalue weighted by molar-refractivity contribution is 6.30. The average Bonchev–Trinajstić information content (AvgIpc) is 2.43. The Morgan fingerprint density at radius 3 is 2.32 bits per heavy atom. The molecule has 1 N–H and O–H groups in total. The molecule has 0 aliphatic heterocycles. The van der Waals surface area contributed by atoms with Crippen molar-refractivity contribution in [2.45, 2.75) is 13.3 Å². The van der Waals surface area contributed by atoms with E-state index in [-0.39, 0.29) is 0 Å². The molecular weight excluding hydrogens is 258 g/mol. The van der Waals surface area contributed by atoms with E-state index in [1.54, 1.807) is 0 Å². The van der Waals surface area contributed by atoms with Crippen molar-refractivity contribution in [1.82, 2.24) is 0 Å². The van der Waals surface area contributed by atoms with Gasteiger partial charge in [-0.1, -0.05) is 23.7 Å². The van der Waals surface area contributed by atoms with Crippen LogP contribution in [0.4, 0.5) is 5.69 Å². The minimum absolute atomic E-state index is 0.698. The predicted octanol–water partition coefficient (Wildman–Crippen LogP) is 4.39. The van der Waals surface area contributed by atoms with Crippen molar-refractivity contribution in [3.8, 4) is 5.75 Å². The van der Waals surface area contributed by atoms with Gasteiger partial charge in [0.25, 0.3) is 0 Å². The number of nitrogens with one attached hydrogen (secondary N) is 1. The molecule has 0 fully saturated rings. The summed E-state index contributed by atoms with van der Waals surface area (Å²) in [4.78, 5) is 0. The van der Waals surface area contributed by atoms with Crippen LogP contribution in [0.3, 0.4) is 0 Å². The molecule has 2 aromatic rings. The Balaban J connectivity index is 1.80. The SMILES string of the molecule is CCOc1ccc(NCCc2ccc(Cl)cc2)cc1. The van der Waals surface area contributed by atoms with Crippen LogP contribution in [-0.2, 0) is 6.42 Å². The summed E-state index contributed by atoms with van der Waals surface area (Å²) in [5.41, 5.74) is 2.39. The molecule has 0 amide bonds. The molecule has 0 unspecified atom stereocenters. The summed E-state index contributed by atoms with van der Waals surface area (Å²) in [7, 11) is 0. The topological polar surface area (TPSA) is 21.3 Å². The molecule has 2 rings (SSSR count). The minimum atomic E-state index is 0.698. The molecule has 0 saturated heterocycles. The molecule has 0 heterocycles. The van der Waals surface area contributed by atoms with E-state index in [2.05, 4.69) is 17.4 Å². The summed E-state index contributed by atoms with van der Waals surface area (Å²) >= 11 is 5.85. The van der Waals surface area contributed by atoms with Crippen LogP contribution in [0, 0.1) is 0 Å². The van der Waals surface area contributed by atoms with E-state index in [1.165, 1.54) is 5.56 Å². The minimum Gasteiger partial charge on any atom is -0.494 e.